The summed E-state index contributed by atoms with van der Waals surface area (Å²) < 4.78 is 37.5. The van der Waals surface area contributed by atoms with Gasteiger partial charge >= 0.3 is 0 Å². The molecule has 0 aliphatic heterocycles. The van der Waals surface area contributed by atoms with E-state index < -0.39 is 24.3 Å². The van der Waals surface area contributed by atoms with Crippen LogP contribution in [0.5, 0.6) is 0 Å². The Hall–Kier alpha value is -1.03. The molecule has 16 heavy (non-hydrogen) atoms. The van der Waals surface area contributed by atoms with E-state index in [0.29, 0.717) is 12.0 Å². The Morgan fingerprint density at radius 1 is 1.25 bits per heavy atom. The maximum atomic E-state index is 12.7. The van der Waals surface area contributed by atoms with Crippen molar-refractivity contribution in [2.24, 2.45) is 0 Å². The van der Waals surface area contributed by atoms with Gasteiger partial charge in [-0.3, -0.25) is 0 Å². The van der Waals surface area contributed by atoms with E-state index in [2.05, 4.69) is 0 Å². The Bertz CT molecular complexity index is 324. The van der Waals surface area contributed by atoms with Gasteiger partial charge in [-0.25, -0.2) is 13.2 Å². The van der Waals surface area contributed by atoms with Gasteiger partial charge in [0.05, 0.1) is 5.60 Å². The van der Waals surface area contributed by atoms with Gasteiger partial charge in [-0.15, -0.1) is 0 Å². The highest BCUT2D eigenvalue weighted by Gasteiger charge is 2.31. The smallest absolute Gasteiger partial charge is 0.241 e. The molecule has 0 spiro atoms. The average Bonchev–Trinajstić information content (AvgIpc) is 2.17. The number of hydrogen-bond donors (Lipinski definition) is 1. The summed E-state index contributed by atoms with van der Waals surface area (Å²) >= 11 is 0. The van der Waals surface area contributed by atoms with Crippen LogP contribution in [-0.4, -0.2) is 11.5 Å². The maximum Gasteiger partial charge on any atom is 0.241 e. The van der Waals surface area contributed by atoms with Crippen LogP contribution in [0.25, 0.3) is 0 Å². The molecule has 1 aromatic rings. The zero-order chi connectivity index (χ0) is 12.2. The molecule has 4 heteroatoms. The largest absolute Gasteiger partial charge is 0.385 e. The van der Waals surface area contributed by atoms with E-state index >= 15 is 0 Å². The number of rotatable bonds is 5. The van der Waals surface area contributed by atoms with Crippen LogP contribution in [0.15, 0.2) is 24.3 Å². The number of benzene rings is 1. The first kappa shape index (κ1) is 13.0. The molecule has 0 fully saturated rings. The number of hydrogen-bond acceptors (Lipinski definition) is 1. The molecule has 1 N–H and O–H groups in total. The lowest BCUT2D eigenvalue weighted by molar-refractivity contribution is -0.0334. The molecular weight excluding hydrogens is 217 g/mol. The molecule has 0 aliphatic carbocycles. The SMILES string of the molecule is CCCC(O)(CC(F)F)c1ccc(F)cc1. The summed E-state index contributed by atoms with van der Waals surface area (Å²) in [5.74, 6) is -0.445. The van der Waals surface area contributed by atoms with E-state index in [9.17, 15) is 18.3 Å². The summed E-state index contributed by atoms with van der Waals surface area (Å²) in [5, 5.41) is 10.1. The third kappa shape index (κ3) is 3.23. The summed E-state index contributed by atoms with van der Waals surface area (Å²) in [7, 11) is 0. The molecule has 90 valence electrons. The Morgan fingerprint density at radius 3 is 2.25 bits per heavy atom. The van der Waals surface area contributed by atoms with Gasteiger partial charge in [0, 0.05) is 6.42 Å². The van der Waals surface area contributed by atoms with Gasteiger partial charge < -0.3 is 5.11 Å². The van der Waals surface area contributed by atoms with Crippen LogP contribution in [0.4, 0.5) is 13.2 Å². The van der Waals surface area contributed by atoms with Crippen molar-refractivity contribution in [3.8, 4) is 0 Å². The van der Waals surface area contributed by atoms with E-state index in [0.717, 1.165) is 0 Å². The zero-order valence-corrected chi connectivity index (χ0v) is 9.09. The van der Waals surface area contributed by atoms with Gasteiger partial charge in [0.2, 0.25) is 6.43 Å². The second kappa shape index (κ2) is 5.34. The van der Waals surface area contributed by atoms with Gasteiger partial charge in [-0.05, 0) is 24.1 Å². The molecule has 0 bridgehead atoms. The second-order valence-electron chi connectivity index (χ2n) is 3.88. The minimum absolute atomic E-state index is 0.239. The van der Waals surface area contributed by atoms with Crippen LogP contribution >= 0.6 is 0 Å². The van der Waals surface area contributed by atoms with Crippen LogP contribution in [-0.2, 0) is 5.60 Å². The van der Waals surface area contributed by atoms with Gasteiger partial charge in [0.25, 0.3) is 0 Å². The van der Waals surface area contributed by atoms with Crippen LogP contribution in [0.3, 0.4) is 0 Å². The van der Waals surface area contributed by atoms with Crippen molar-refractivity contribution in [1.29, 1.82) is 0 Å². The van der Waals surface area contributed by atoms with Gasteiger partial charge in [0.15, 0.2) is 0 Å². The van der Waals surface area contributed by atoms with Gasteiger partial charge in [-0.2, -0.15) is 0 Å². The molecule has 0 saturated carbocycles. The van der Waals surface area contributed by atoms with E-state index in [4.69, 9.17) is 0 Å². The van der Waals surface area contributed by atoms with Crippen molar-refractivity contribution in [2.45, 2.75) is 38.2 Å². The molecule has 1 rings (SSSR count). The molecule has 1 aromatic carbocycles. The molecule has 0 amide bonds. The van der Waals surface area contributed by atoms with Gasteiger partial charge in [0.1, 0.15) is 5.82 Å². The highest BCUT2D eigenvalue weighted by Crippen LogP contribution is 2.32. The lowest BCUT2D eigenvalue weighted by Gasteiger charge is -2.28. The summed E-state index contributed by atoms with van der Waals surface area (Å²) in [6.45, 7) is 1.81. The van der Waals surface area contributed by atoms with E-state index in [1.54, 1.807) is 6.92 Å². The van der Waals surface area contributed by atoms with Crippen LogP contribution in [0.2, 0.25) is 0 Å². The number of halogens is 3. The summed E-state index contributed by atoms with van der Waals surface area (Å²) in [4.78, 5) is 0. The standard InChI is InChI=1S/C12H15F3O/c1-2-7-12(16,8-11(14)15)9-3-5-10(13)6-4-9/h3-6,11,16H,2,7-8H2,1H3. The van der Waals surface area contributed by atoms with E-state index in [-0.39, 0.29) is 6.42 Å². The van der Waals surface area contributed by atoms with Crippen LogP contribution in [0.1, 0.15) is 31.7 Å². The van der Waals surface area contributed by atoms with Crippen molar-refractivity contribution < 1.29 is 18.3 Å². The highest BCUT2D eigenvalue weighted by atomic mass is 19.3. The topological polar surface area (TPSA) is 20.2 Å². The Kier molecular flexibility index (Phi) is 4.35. The molecular formula is C12H15F3O. The zero-order valence-electron chi connectivity index (χ0n) is 9.09. The maximum absolute atomic E-state index is 12.7. The average molecular weight is 232 g/mol. The molecule has 0 aliphatic rings. The van der Waals surface area contributed by atoms with Crippen molar-refractivity contribution >= 4 is 0 Å². The molecule has 1 nitrogen and oxygen atoms in total. The Labute approximate surface area is 92.9 Å². The predicted octanol–water partition coefficient (Wildman–Crippen LogP) is 3.47. The molecule has 0 heterocycles. The van der Waals surface area contributed by atoms with Crippen molar-refractivity contribution in [3.63, 3.8) is 0 Å². The highest BCUT2D eigenvalue weighted by molar-refractivity contribution is 5.23. The number of alkyl halides is 2. The first-order valence-electron chi connectivity index (χ1n) is 5.24. The fourth-order valence-electron chi connectivity index (χ4n) is 1.79. The first-order chi connectivity index (χ1) is 7.48. The molecule has 1 atom stereocenters. The summed E-state index contributed by atoms with van der Waals surface area (Å²) in [5.41, 5.74) is -1.22. The first-order valence-corrected chi connectivity index (χ1v) is 5.24. The van der Waals surface area contributed by atoms with Crippen molar-refractivity contribution in [3.05, 3.63) is 35.6 Å². The third-order valence-electron chi connectivity index (χ3n) is 2.54. The predicted molar refractivity (Wildman–Crippen MR) is 55.8 cm³/mol. The monoisotopic (exact) mass is 232 g/mol. The normalized spacial score (nSPS) is 15.1. The van der Waals surface area contributed by atoms with Crippen molar-refractivity contribution in [2.75, 3.05) is 0 Å². The number of aliphatic hydroxyl groups is 1. The third-order valence-corrected chi connectivity index (χ3v) is 2.54. The lowest BCUT2D eigenvalue weighted by atomic mass is 9.86. The minimum Gasteiger partial charge on any atom is -0.385 e. The molecule has 1 unspecified atom stereocenters. The van der Waals surface area contributed by atoms with Gasteiger partial charge in [-0.1, -0.05) is 25.5 Å². The minimum atomic E-state index is -2.58. The summed E-state index contributed by atoms with van der Waals surface area (Å²) in [6.07, 6.45) is -2.38. The fourth-order valence-corrected chi connectivity index (χ4v) is 1.79. The lowest BCUT2D eigenvalue weighted by Crippen LogP contribution is -2.28. The molecule has 0 saturated heterocycles. The van der Waals surface area contributed by atoms with Crippen molar-refractivity contribution in [1.82, 2.24) is 0 Å². The second-order valence-corrected chi connectivity index (χ2v) is 3.88. The quantitative estimate of drug-likeness (QED) is 0.824. The van der Waals surface area contributed by atoms with Crippen LogP contribution < -0.4 is 0 Å². The molecule has 0 aromatic heterocycles. The van der Waals surface area contributed by atoms with E-state index in [1.165, 1.54) is 24.3 Å². The van der Waals surface area contributed by atoms with Crippen LogP contribution in [0, 0.1) is 5.82 Å². The summed E-state index contributed by atoms with van der Waals surface area (Å²) in [6, 6.07) is 5.05. The molecule has 0 radical (unpaired) electrons. The Balaban J connectivity index is 2.95. The Morgan fingerprint density at radius 2 is 1.81 bits per heavy atom. The fraction of sp³-hybridized carbons (Fsp3) is 0.500. The van der Waals surface area contributed by atoms with E-state index in [1.807, 2.05) is 0 Å².